The predicted octanol–water partition coefficient (Wildman–Crippen LogP) is 4.33. The number of unbranched alkanes of at least 4 members (excludes halogenated alkanes) is 4. The van der Waals surface area contributed by atoms with Crippen LogP contribution in [0.5, 0.6) is 0 Å². The van der Waals surface area contributed by atoms with Crippen LogP contribution in [-0.2, 0) is 11.2 Å². The van der Waals surface area contributed by atoms with Gasteiger partial charge in [0, 0.05) is 6.42 Å². The van der Waals surface area contributed by atoms with E-state index in [0.29, 0.717) is 12.1 Å². The highest BCUT2D eigenvalue weighted by atomic mass is 16.5. The summed E-state index contributed by atoms with van der Waals surface area (Å²) in [7, 11) is 0. The molecule has 0 atom stereocenters. The van der Waals surface area contributed by atoms with Crippen LogP contribution in [0.3, 0.4) is 0 Å². The van der Waals surface area contributed by atoms with Crippen LogP contribution in [0.4, 0.5) is 5.69 Å². The first-order valence-electron chi connectivity index (χ1n) is 7.29. The third-order valence-electron chi connectivity index (χ3n) is 3.32. The van der Waals surface area contributed by atoms with Crippen LogP contribution in [-0.4, -0.2) is 11.1 Å². The smallest absolute Gasteiger partial charge is 0.250 e. The van der Waals surface area contributed by atoms with Crippen molar-refractivity contribution in [2.45, 2.75) is 58.8 Å². The summed E-state index contributed by atoms with van der Waals surface area (Å²) >= 11 is 0. The van der Waals surface area contributed by atoms with Crippen molar-refractivity contribution in [1.82, 2.24) is 0 Å². The second-order valence-electron chi connectivity index (χ2n) is 4.89. The third-order valence-corrected chi connectivity index (χ3v) is 3.32. The van der Waals surface area contributed by atoms with E-state index in [9.17, 15) is 10.0 Å². The lowest BCUT2D eigenvalue weighted by Crippen LogP contribution is -2.26. The second kappa shape index (κ2) is 8.70. The number of nitrogens with zero attached hydrogens (tertiary/aromatic N) is 1. The van der Waals surface area contributed by atoms with E-state index in [2.05, 4.69) is 13.8 Å². The molecule has 0 heterocycles. The van der Waals surface area contributed by atoms with Gasteiger partial charge < -0.3 is 0 Å². The van der Waals surface area contributed by atoms with Gasteiger partial charge in [0.2, 0.25) is 0 Å². The Morgan fingerprint density at radius 1 is 1.05 bits per heavy atom. The zero-order chi connectivity index (χ0) is 14.1. The highest BCUT2D eigenvalue weighted by molar-refractivity contribution is 5.90. The van der Waals surface area contributed by atoms with E-state index in [1.165, 1.54) is 24.8 Å². The SMILES string of the molecule is CCCCCCCC(=O)N(O)c1ccc(CC)cc1. The van der Waals surface area contributed by atoms with Crippen molar-refractivity contribution in [2.24, 2.45) is 0 Å². The number of hydrogen-bond donors (Lipinski definition) is 1. The number of benzene rings is 1. The molecule has 106 valence electrons. The highest BCUT2D eigenvalue weighted by Gasteiger charge is 2.12. The van der Waals surface area contributed by atoms with Crippen molar-refractivity contribution >= 4 is 11.6 Å². The number of anilines is 1. The van der Waals surface area contributed by atoms with Gasteiger partial charge in [0.15, 0.2) is 0 Å². The van der Waals surface area contributed by atoms with Gasteiger partial charge in [-0.25, -0.2) is 0 Å². The number of hydroxylamine groups is 1. The van der Waals surface area contributed by atoms with Crippen LogP contribution in [0.1, 0.15) is 57.9 Å². The molecule has 1 aromatic rings. The molecule has 0 saturated heterocycles. The molecule has 0 aliphatic rings. The van der Waals surface area contributed by atoms with E-state index in [1.807, 2.05) is 12.1 Å². The van der Waals surface area contributed by atoms with Gasteiger partial charge in [-0.05, 0) is 30.5 Å². The average molecular weight is 263 g/mol. The maximum absolute atomic E-state index is 11.8. The summed E-state index contributed by atoms with van der Waals surface area (Å²) in [5, 5.41) is 10.6. The van der Waals surface area contributed by atoms with Crippen molar-refractivity contribution in [2.75, 3.05) is 5.06 Å². The lowest BCUT2D eigenvalue weighted by atomic mass is 10.1. The first kappa shape index (κ1) is 15.7. The van der Waals surface area contributed by atoms with E-state index < -0.39 is 0 Å². The molecule has 0 aliphatic heterocycles. The summed E-state index contributed by atoms with van der Waals surface area (Å²) in [5.74, 6) is -0.222. The molecule has 1 rings (SSSR count). The van der Waals surface area contributed by atoms with Crippen LogP contribution in [0.2, 0.25) is 0 Å². The maximum atomic E-state index is 11.8. The van der Waals surface area contributed by atoms with Crippen molar-refractivity contribution in [1.29, 1.82) is 0 Å². The minimum Gasteiger partial charge on any atom is -0.281 e. The van der Waals surface area contributed by atoms with Crippen LogP contribution < -0.4 is 5.06 Å². The Morgan fingerprint density at radius 3 is 2.26 bits per heavy atom. The van der Waals surface area contributed by atoms with Gasteiger partial charge in [-0.1, -0.05) is 51.7 Å². The highest BCUT2D eigenvalue weighted by Crippen LogP contribution is 2.16. The number of hydrogen-bond acceptors (Lipinski definition) is 2. The molecule has 1 aromatic carbocycles. The van der Waals surface area contributed by atoms with Crippen LogP contribution >= 0.6 is 0 Å². The molecule has 0 unspecified atom stereocenters. The van der Waals surface area contributed by atoms with E-state index in [-0.39, 0.29) is 5.91 Å². The Bertz CT molecular complexity index is 373. The van der Waals surface area contributed by atoms with Gasteiger partial charge >= 0.3 is 0 Å². The molecule has 1 N–H and O–H groups in total. The zero-order valence-corrected chi connectivity index (χ0v) is 12.1. The summed E-state index contributed by atoms with van der Waals surface area (Å²) in [6.45, 7) is 4.24. The number of rotatable bonds is 8. The van der Waals surface area contributed by atoms with Crippen LogP contribution in [0, 0.1) is 0 Å². The summed E-state index contributed by atoms with van der Waals surface area (Å²) in [5.41, 5.74) is 1.75. The fourth-order valence-corrected chi connectivity index (χ4v) is 2.00. The number of carbonyl (C=O) groups is 1. The summed E-state index contributed by atoms with van der Waals surface area (Å²) in [6, 6.07) is 7.45. The Kier molecular flexibility index (Phi) is 7.19. The fraction of sp³-hybridized carbons (Fsp3) is 0.562. The molecule has 0 spiro atoms. The molecule has 0 aliphatic carbocycles. The topological polar surface area (TPSA) is 40.5 Å². The van der Waals surface area contributed by atoms with Gasteiger partial charge in [0.05, 0.1) is 5.69 Å². The Hall–Kier alpha value is -1.35. The molecule has 0 radical (unpaired) electrons. The Balaban J connectivity index is 2.38. The predicted molar refractivity (Wildman–Crippen MR) is 78.5 cm³/mol. The summed E-state index contributed by atoms with van der Waals surface area (Å²) in [4.78, 5) is 11.8. The van der Waals surface area contributed by atoms with Gasteiger partial charge in [-0.15, -0.1) is 0 Å². The molecule has 3 heteroatoms. The Morgan fingerprint density at radius 2 is 1.68 bits per heavy atom. The first-order chi connectivity index (χ1) is 9.19. The average Bonchev–Trinajstić information content (AvgIpc) is 2.46. The second-order valence-corrected chi connectivity index (χ2v) is 4.89. The van der Waals surface area contributed by atoms with E-state index in [0.717, 1.165) is 24.3 Å². The Labute approximate surface area is 116 Å². The van der Waals surface area contributed by atoms with Gasteiger partial charge in [0.25, 0.3) is 5.91 Å². The van der Waals surface area contributed by atoms with Crippen molar-refractivity contribution < 1.29 is 10.0 Å². The monoisotopic (exact) mass is 263 g/mol. The molecule has 0 bridgehead atoms. The van der Waals surface area contributed by atoms with Crippen LogP contribution in [0.25, 0.3) is 0 Å². The maximum Gasteiger partial charge on any atom is 0.250 e. The lowest BCUT2D eigenvalue weighted by molar-refractivity contribution is -0.123. The number of amides is 1. The summed E-state index contributed by atoms with van der Waals surface area (Å²) < 4.78 is 0. The molecule has 0 aromatic heterocycles. The molecule has 3 nitrogen and oxygen atoms in total. The fourth-order valence-electron chi connectivity index (χ4n) is 2.00. The minimum absolute atomic E-state index is 0.222. The van der Waals surface area contributed by atoms with Crippen LogP contribution in [0.15, 0.2) is 24.3 Å². The largest absolute Gasteiger partial charge is 0.281 e. The first-order valence-corrected chi connectivity index (χ1v) is 7.29. The molecule has 1 amide bonds. The van der Waals surface area contributed by atoms with Crippen molar-refractivity contribution in [3.63, 3.8) is 0 Å². The van der Waals surface area contributed by atoms with E-state index >= 15 is 0 Å². The minimum atomic E-state index is -0.222. The van der Waals surface area contributed by atoms with Gasteiger partial charge in [-0.2, -0.15) is 5.06 Å². The summed E-state index contributed by atoms with van der Waals surface area (Å²) in [6.07, 6.45) is 6.86. The quantitative estimate of drug-likeness (QED) is 0.431. The molecule has 0 saturated carbocycles. The standard InChI is InChI=1S/C16H25NO2/c1-3-5-6-7-8-9-16(18)17(19)15-12-10-14(4-2)11-13-15/h10-13,19H,3-9H2,1-2H3. The number of aryl methyl sites for hydroxylation is 1. The van der Waals surface area contributed by atoms with Crippen molar-refractivity contribution in [3.8, 4) is 0 Å². The molecular weight excluding hydrogens is 238 g/mol. The van der Waals surface area contributed by atoms with E-state index in [4.69, 9.17) is 0 Å². The third kappa shape index (κ3) is 5.43. The number of carbonyl (C=O) groups excluding carboxylic acids is 1. The zero-order valence-electron chi connectivity index (χ0n) is 12.1. The molecular formula is C16H25NO2. The van der Waals surface area contributed by atoms with Gasteiger partial charge in [-0.3, -0.25) is 10.0 Å². The van der Waals surface area contributed by atoms with E-state index in [1.54, 1.807) is 12.1 Å². The molecule has 0 fully saturated rings. The van der Waals surface area contributed by atoms with Gasteiger partial charge in [0.1, 0.15) is 0 Å². The normalized spacial score (nSPS) is 10.5. The lowest BCUT2D eigenvalue weighted by Gasteiger charge is -2.15. The molecule has 19 heavy (non-hydrogen) atoms. The van der Waals surface area contributed by atoms with Crippen molar-refractivity contribution in [3.05, 3.63) is 29.8 Å².